The largest absolute Gasteiger partial charge is 0.382 e. The van der Waals surface area contributed by atoms with Crippen LogP contribution in [-0.2, 0) is 6.54 Å². The molecular weight excluding hydrogens is 301 g/mol. The normalized spacial score (nSPS) is 12.7. The molecule has 0 aliphatic heterocycles. The summed E-state index contributed by atoms with van der Waals surface area (Å²) in [4.78, 5) is 0. The molecule has 0 bridgehead atoms. The van der Waals surface area contributed by atoms with Gasteiger partial charge in [0.05, 0.1) is 16.4 Å². The standard InChI is InChI=1S/C12H13BrFN3O/c1-2-6-17-10(7-15-16-17)12(18)8-4-3-5-9(13)11(8)14/h3-5,7,12,18H,2,6H2,1H3. The van der Waals surface area contributed by atoms with Crippen molar-refractivity contribution in [3.63, 3.8) is 0 Å². The Balaban J connectivity index is 2.38. The van der Waals surface area contributed by atoms with Gasteiger partial charge in [0.15, 0.2) is 0 Å². The first kappa shape index (κ1) is 13.2. The minimum absolute atomic E-state index is 0.212. The summed E-state index contributed by atoms with van der Waals surface area (Å²) in [6.07, 6.45) is 1.26. The van der Waals surface area contributed by atoms with Crippen LogP contribution in [-0.4, -0.2) is 20.1 Å². The second kappa shape index (κ2) is 5.58. The molecule has 1 unspecified atom stereocenters. The van der Waals surface area contributed by atoms with Crippen molar-refractivity contribution in [2.45, 2.75) is 26.0 Å². The van der Waals surface area contributed by atoms with Crippen LogP contribution < -0.4 is 0 Å². The lowest BCUT2D eigenvalue weighted by Crippen LogP contribution is -2.11. The zero-order valence-electron chi connectivity index (χ0n) is 9.85. The number of aliphatic hydroxyl groups is 1. The van der Waals surface area contributed by atoms with Crippen molar-refractivity contribution in [3.05, 3.63) is 45.9 Å². The van der Waals surface area contributed by atoms with Gasteiger partial charge in [-0.2, -0.15) is 0 Å². The van der Waals surface area contributed by atoms with Crippen LogP contribution in [0.2, 0.25) is 0 Å². The summed E-state index contributed by atoms with van der Waals surface area (Å²) in [6, 6.07) is 4.82. The Morgan fingerprint density at radius 1 is 1.50 bits per heavy atom. The van der Waals surface area contributed by atoms with E-state index in [1.807, 2.05) is 6.92 Å². The number of aliphatic hydroxyl groups excluding tert-OH is 1. The number of aryl methyl sites for hydroxylation is 1. The molecule has 0 radical (unpaired) electrons. The van der Waals surface area contributed by atoms with Crippen molar-refractivity contribution >= 4 is 15.9 Å². The molecule has 2 aromatic rings. The summed E-state index contributed by atoms with van der Waals surface area (Å²) in [5.41, 5.74) is 0.706. The van der Waals surface area contributed by atoms with Crippen molar-refractivity contribution < 1.29 is 9.50 Å². The van der Waals surface area contributed by atoms with Crippen molar-refractivity contribution in [3.8, 4) is 0 Å². The van der Waals surface area contributed by atoms with Gasteiger partial charge in [-0.05, 0) is 28.4 Å². The Morgan fingerprint density at radius 2 is 2.28 bits per heavy atom. The van der Waals surface area contributed by atoms with Crippen molar-refractivity contribution in [2.75, 3.05) is 0 Å². The van der Waals surface area contributed by atoms with E-state index in [4.69, 9.17) is 0 Å². The SMILES string of the molecule is CCCn1nncc1C(O)c1cccc(Br)c1F. The Bertz CT molecular complexity index is 544. The van der Waals surface area contributed by atoms with E-state index in [1.165, 1.54) is 6.20 Å². The lowest BCUT2D eigenvalue weighted by Gasteiger charge is -2.13. The van der Waals surface area contributed by atoms with E-state index >= 15 is 0 Å². The molecule has 2 rings (SSSR count). The maximum atomic E-state index is 13.9. The van der Waals surface area contributed by atoms with E-state index < -0.39 is 11.9 Å². The Morgan fingerprint density at radius 3 is 3.00 bits per heavy atom. The number of rotatable bonds is 4. The molecule has 0 spiro atoms. The highest BCUT2D eigenvalue weighted by molar-refractivity contribution is 9.10. The number of halogens is 2. The summed E-state index contributed by atoms with van der Waals surface area (Å²) >= 11 is 3.10. The number of aromatic nitrogens is 3. The topological polar surface area (TPSA) is 50.9 Å². The van der Waals surface area contributed by atoms with Crippen LogP contribution in [0.1, 0.15) is 30.7 Å². The summed E-state index contributed by atoms with van der Waals surface area (Å²) in [5, 5.41) is 17.9. The number of nitrogens with zero attached hydrogens (tertiary/aromatic N) is 3. The summed E-state index contributed by atoms with van der Waals surface area (Å²) in [6.45, 7) is 2.64. The van der Waals surface area contributed by atoms with Crippen LogP contribution >= 0.6 is 15.9 Å². The molecule has 0 aliphatic carbocycles. The number of benzene rings is 1. The van der Waals surface area contributed by atoms with Gasteiger partial charge in [-0.25, -0.2) is 9.07 Å². The van der Waals surface area contributed by atoms with Crippen molar-refractivity contribution in [1.29, 1.82) is 0 Å². The van der Waals surface area contributed by atoms with Gasteiger partial charge < -0.3 is 5.11 Å². The average Bonchev–Trinajstić information content (AvgIpc) is 2.80. The Kier molecular flexibility index (Phi) is 4.08. The molecule has 0 saturated carbocycles. The van der Waals surface area contributed by atoms with Gasteiger partial charge in [0.25, 0.3) is 0 Å². The third-order valence-electron chi connectivity index (χ3n) is 2.64. The predicted octanol–water partition coefficient (Wildman–Crippen LogP) is 2.67. The average molecular weight is 314 g/mol. The number of hydrogen-bond donors (Lipinski definition) is 1. The molecule has 1 N–H and O–H groups in total. The fourth-order valence-electron chi connectivity index (χ4n) is 1.75. The van der Waals surface area contributed by atoms with Crippen LogP contribution in [0.5, 0.6) is 0 Å². The van der Waals surface area contributed by atoms with Gasteiger partial charge in [-0.3, -0.25) is 0 Å². The van der Waals surface area contributed by atoms with E-state index in [9.17, 15) is 9.50 Å². The summed E-state index contributed by atoms with van der Waals surface area (Å²) < 4.78 is 15.8. The highest BCUT2D eigenvalue weighted by Crippen LogP contribution is 2.27. The monoisotopic (exact) mass is 313 g/mol. The van der Waals surface area contributed by atoms with Gasteiger partial charge >= 0.3 is 0 Å². The van der Waals surface area contributed by atoms with E-state index in [1.54, 1.807) is 22.9 Å². The first-order valence-electron chi connectivity index (χ1n) is 5.65. The van der Waals surface area contributed by atoms with Gasteiger partial charge in [0, 0.05) is 12.1 Å². The minimum atomic E-state index is -1.07. The van der Waals surface area contributed by atoms with Gasteiger partial charge in [-0.1, -0.05) is 24.3 Å². The van der Waals surface area contributed by atoms with E-state index in [0.29, 0.717) is 16.7 Å². The van der Waals surface area contributed by atoms with Crippen LogP contribution in [0.15, 0.2) is 28.9 Å². The van der Waals surface area contributed by atoms with E-state index in [0.717, 1.165) is 6.42 Å². The minimum Gasteiger partial charge on any atom is -0.382 e. The molecular formula is C12H13BrFN3O. The lowest BCUT2D eigenvalue weighted by molar-refractivity contribution is 0.202. The molecule has 0 amide bonds. The van der Waals surface area contributed by atoms with Gasteiger partial charge in [0.1, 0.15) is 11.9 Å². The number of hydrogen-bond acceptors (Lipinski definition) is 3. The molecule has 0 saturated heterocycles. The molecule has 1 atom stereocenters. The van der Waals surface area contributed by atoms with Crippen LogP contribution in [0.25, 0.3) is 0 Å². The molecule has 4 nitrogen and oxygen atoms in total. The van der Waals surface area contributed by atoms with Crippen LogP contribution in [0, 0.1) is 5.82 Å². The Hall–Kier alpha value is -1.27. The molecule has 1 heterocycles. The molecule has 0 aliphatic rings. The molecule has 18 heavy (non-hydrogen) atoms. The first-order valence-corrected chi connectivity index (χ1v) is 6.44. The Labute approximate surface area is 113 Å². The molecule has 96 valence electrons. The van der Waals surface area contributed by atoms with Gasteiger partial charge in [0.2, 0.25) is 0 Å². The third kappa shape index (κ3) is 2.44. The third-order valence-corrected chi connectivity index (χ3v) is 3.25. The van der Waals surface area contributed by atoms with Crippen LogP contribution in [0.3, 0.4) is 0 Å². The smallest absolute Gasteiger partial charge is 0.143 e. The second-order valence-electron chi connectivity index (χ2n) is 3.93. The zero-order valence-corrected chi connectivity index (χ0v) is 11.4. The van der Waals surface area contributed by atoms with E-state index in [-0.39, 0.29) is 5.56 Å². The maximum Gasteiger partial charge on any atom is 0.143 e. The summed E-state index contributed by atoms with van der Waals surface area (Å²) in [7, 11) is 0. The fourth-order valence-corrected chi connectivity index (χ4v) is 2.14. The summed E-state index contributed by atoms with van der Waals surface area (Å²) in [5.74, 6) is -0.464. The fraction of sp³-hybridized carbons (Fsp3) is 0.333. The zero-order chi connectivity index (χ0) is 13.1. The lowest BCUT2D eigenvalue weighted by atomic mass is 10.1. The maximum absolute atomic E-state index is 13.9. The highest BCUT2D eigenvalue weighted by atomic mass is 79.9. The molecule has 1 aromatic heterocycles. The van der Waals surface area contributed by atoms with Gasteiger partial charge in [-0.15, -0.1) is 5.10 Å². The van der Waals surface area contributed by atoms with Crippen molar-refractivity contribution in [2.24, 2.45) is 0 Å². The highest BCUT2D eigenvalue weighted by Gasteiger charge is 2.20. The molecule has 0 fully saturated rings. The van der Waals surface area contributed by atoms with Crippen molar-refractivity contribution in [1.82, 2.24) is 15.0 Å². The molecule has 1 aromatic carbocycles. The first-order chi connectivity index (χ1) is 8.65. The second-order valence-corrected chi connectivity index (χ2v) is 4.78. The van der Waals surface area contributed by atoms with E-state index in [2.05, 4.69) is 26.2 Å². The quantitative estimate of drug-likeness (QED) is 0.944. The molecule has 6 heteroatoms. The predicted molar refractivity (Wildman–Crippen MR) is 68.5 cm³/mol. The van der Waals surface area contributed by atoms with Crippen LogP contribution in [0.4, 0.5) is 4.39 Å².